The molecule has 4 aromatic rings. The Morgan fingerprint density at radius 1 is 0.879 bits per heavy atom. The van der Waals surface area contributed by atoms with Crippen LogP contribution in [0.25, 0.3) is 22.4 Å². The van der Waals surface area contributed by atoms with Crippen LogP contribution < -0.4 is 16.0 Å². The van der Waals surface area contributed by atoms with Crippen LogP contribution in [0, 0.1) is 0 Å². The summed E-state index contributed by atoms with van der Waals surface area (Å²) >= 11 is 0. The first-order valence-corrected chi connectivity index (χ1v) is 11.1. The van der Waals surface area contributed by atoms with Gasteiger partial charge in [0.25, 0.3) is 0 Å². The number of amides is 3. The standard InChI is InChI=1S/C26H27N5O2/c1-2-15-27-26(33)29-21-13-9-18(10-14-21)16-24(32)28-17-19-7-11-20(12-8-19)25-30-22-5-3-4-6-23(22)31-25/h3-14H,2,15-17H2,1H3,(H,28,32)(H,30,31)(H2,27,29,33). The summed E-state index contributed by atoms with van der Waals surface area (Å²) in [7, 11) is 0. The van der Waals surface area contributed by atoms with Crippen molar-refractivity contribution in [3.63, 3.8) is 0 Å². The van der Waals surface area contributed by atoms with Crippen molar-refractivity contribution in [1.29, 1.82) is 0 Å². The molecule has 0 spiro atoms. The molecular formula is C26H27N5O2. The Labute approximate surface area is 192 Å². The fourth-order valence-electron chi connectivity index (χ4n) is 3.44. The number of nitrogens with zero attached hydrogens (tertiary/aromatic N) is 1. The van der Waals surface area contributed by atoms with E-state index in [0.29, 0.717) is 18.8 Å². The molecule has 0 radical (unpaired) electrons. The fraction of sp³-hybridized carbons (Fsp3) is 0.192. The van der Waals surface area contributed by atoms with Crippen LogP contribution in [0.3, 0.4) is 0 Å². The maximum absolute atomic E-state index is 12.3. The summed E-state index contributed by atoms with van der Waals surface area (Å²) < 4.78 is 0. The smallest absolute Gasteiger partial charge is 0.319 e. The molecule has 168 valence electrons. The number of carbonyl (C=O) groups excluding carboxylic acids is 2. The topological polar surface area (TPSA) is 98.9 Å². The van der Waals surface area contributed by atoms with Gasteiger partial charge in [0.1, 0.15) is 5.82 Å². The number of hydrogen-bond acceptors (Lipinski definition) is 3. The van der Waals surface area contributed by atoms with Crippen LogP contribution in [0.4, 0.5) is 10.5 Å². The highest BCUT2D eigenvalue weighted by Crippen LogP contribution is 2.20. The highest BCUT2D eigenvalue weighted by atomic mass is 16.2. The molecule has 0 saturated carbocycles. The van der Waals surface area contributed by atoms with Gasteiger partial charge in [-0.2, -0.15) is 0 Å². The molecule has 0 atom stereocenters. The third kappa shape index (κ3) is 5.98. The molecule has 0 saturated heterocycles. The van der Waals surface area contributed by atoms with Gasteiger partial charge in [-0.05, 0) is 41.8 Å². The number of fused-ring (bicyclic) bond motifs is 1. The maximum Gasteiger partial charge on any atom is 0.319 e. The van der Waals surface area contributed by atoms with Crippen molar-refractivity contribution in [3.05, 3.63) is 83.9 Å². The lowest BCUT2D eigenvalue weighted by atomic mass is 10.1. The summed E-state index contributed by atoms with van der Waals surface area (Å²) in [6.45, 7) is 3.08. The first kappa shape index (κ1) is 22.1. The molecule has 0 aliphatic rings. The minimum absolute atomic E-state index is 0.0576. The second-order valence-electron chi connectivity index (χ2n) is 7.83. The summed E-state index contributed by atoms with van der Waals surface area (Å²) in [5.74, 6) is 0.769. The zero-order valence-corrected chi connectivity index (χ0v) is 18.5. The van der Waals surface area contributed by atoms with E-state index in [1.165, 1.54) is 0 Å². The second kappa shape index (κ2) is 10.5. The molecule has 0 unspecified atom stereocenters. The number of urea groups is 1. The van der Waals surface area contributed by atoms with Crippen LogP contribution >= 0.6 is 0 Å². The SMILES string of the molecule is CCCNC(=O)Nc1ccc(CC(=O)NCc2ccc(-c3nc4ccccc4[nH]3)cc2)cc1. The normalized spacial score (nSPS) is 10.7. The molecular weight excluding hydrogens is 414 g/mol. The maximum atomic E-state index is 12.3. The third-order valence-electron chi connectivity index (χ3n) is 5.22. The van der Waals surface area contributed by atoms with E-state index in [1.54, 1.807) is 12.1 Å². The van der Waals surface area contributed by atoms with Crippen LogP contribution in [0.1, 0.15) is 24.5 Å². The second-order valence-corrected chi connectivity index (χ2v) is 7.83. The molecule has 1 aromatic heterocycles. The highest BCUT2D eigenvalue weighted by molar-refractivity contribution is 5.89. The molecule has 7 nitrogen and oxygen atoms in total. The van der Waals surface area contributed by atoms with Crippen LogP contribution in [0.5, 0.6) is 0 Å². The number of H-pyrrole nitrogens is 1. The van der Waals surface area contributed by atoms with E-state index in [1.807, 2.05) is 67.6 Å². The fourth-order valence-corrected chi connectivity index (χ4v) is 3.44. The molecule has 3 aromatic carbocycles. The van der Waals surface area contributed by atoms with E-state index >= 15 is 0 Å². The molecule has 0 fully saturated rings. The van der Waals surface area contributed by atoms with Crippen molar-refractivity contribution in [3.8, 4) is 11.4 Å². The van der Waals surface area contributed by atoms with Gasteiger partial charge in [-0.3, -0.25) is 4.79 Å². The van der Waals surface area contributed by atoms with Gasteiger partial charge in [0.05, 0.1) is 17.5 Å². The molecule has 0 aliphatic carbocycles. The molecule has 4 N–H and O–H groups in total. The number of imidazole rings is 1. The number of nitrogens with one attached hydrogen (secondary N) is 4. The van der Waals surface area contributed by atoms with Gasteiger partial charge in [-0.25, -0.2) is 9.78 Å². The van der Waals surface area contributed by atoms with Gasteiger partial charge in [0.2, 0.25) is 5.91 Å². The molecule has 1 heterocycles. The number of aromatic nitrogens is 2. The number of benzene rings is 3. The Bertz CT molecular complexity index is 1200. The number of anilines is 1. The highest BCUT2D eigenvalue weighted by Gasteiger charge is 2.07. The first-order valence-electron chi connectivity index (χ1n) is 11.1. The number of hydrogen-bond donors (Lipinski definition) is 4. The molecule has 0 bridgehead atoms. The monoisotopic (exact) mass is 441 g/mol. The number of aromatic amines is 1. The van der Waals surface area contributed by atoms with Gasteiger partial charge in [-0.15, -0.1) is 0 Å². The number of rotatable bonds is 8. The lowest BCUT2D eigenvalue weighted by Gasteiger charge is -2.08. The Hall–Kier alpha value is -4.13. The van der Waals surface area contributed by atoms with Crippen molar-refractivity contribution >= 4 is 28.7 Å². The van der Waals surface area contributed by atoms with Crippen LogP contribution in [-0.2, 0) is 17.8 Å². The van der Waals surface area contributed by atoms with Gasteiger partial charge >= 0.3 is 6.03 Å². The van der Waals surface area contributed by atoms with E-state index in [4.69, 9.17) is 0 Å². The number of para-hydroxylation sites is 2. The molecule has 3 amide bonds. The van der Waals surface area contributed by atoms with E-state index in [9.17, 15) is 9.59 Å². The van der Waals surface area contributed by atoms with Gasteiger partial charge < -0.3 is 20.9 Å². The average Bonchev–Trinajstić information content (AvgIpc) is 3.27. The van der Waals surface area contributed by atoms with Crippen LogP contribution in [0.2, 0.25) is 0 Å². The summed E-state index contributed by atoms with van der Waals surface area (Å²) in [6, 6.07) is 23.0. The van der Waals surface area contributed by atoms with Crippen molar-refractivity contribution in [2.24, 2.45) is 0 Å². The third-order valence-corrected chi connectivity index (χ3v) is 5.22. The Balaban J connectivity index is 1.27. The largest absolute Gasteiger partial charge is 0.352 e. The molecule has 7 heteroatoms. The quantitative estimate of drug-likeness (QED) is 0.321. The lowest BCUT2D eigenvalue weighted by molar-refractivity contribution is -0.120. The average molecular weight is 442 g/mol. The van der Waals surface area contributed by atoms with Gasteiger partial charge in [-0.1, -0.05) is 55.5 Å². The van der Waals surface area contributed by atoms with Crippen molar-refractivity contribution in [2.75, 3.05) is 11.9 Å². The van der Waals surface area contributed by atoms with Crippen LogP contribution in [0.15, 0.2) is 72.8 Å². The van der Waals surface area contributed by atoms with E-state index in [-0.39, 0.29) is 18.4 Å². The Morgan fingerprint density at radius 3 is 2.33 bits per heavy atom. The van der Waals surface area contributed by atoms with Gasteiger partial charge in [0.15, 0.2) is 0 Å². The summed E-state index contributed by atoms with van der Waals surface area (Å²) in [5.41, 5.74) is 5.53. The first-order chi connectivity index (χ1) is 16.1. The summed E-state index contributed by atoms with van der Waals surface area (Å²) in [4.78, 5) is 32.0. The van der Waals surface area contributed by atoms with Crippen molar-refractivity contribution in [2.45, 2.75) is 26.3 Å². The minimum atomic E-state index is -0.228. The predicted octanol–water partition coefficient (Wildman–Crippen LogP) is 4.62. The number of carbonyl (C=O) groups is 2. The zero-order valence-electron chi connectivity index (χ0n) is 18.5. The van der Waals surface area contributed by atoms with Crippen LogP contribution in [-0.4, -0.2) is 28.5 Å². The van der Waals surface area contributed by atoms with Crippen molar-refractivity contribution in [1.82, 2.24) is 20.6 Å². The Kier molecular flexibility index (Phi) is 6.99. The lowest BCUT2D eigenvalue weighted by Crippen LogP contribution is -2.29. The zero-order chi connectivity index (χ0) is 23.0. The van der Waals surface area contributed by atoms with E-state index in [2.05, 4.69) is 25.9 Å². The molecule has 4 rings (SSSR count). The summed E-state index contributed by atoms with van der Waals surface area (Å²) in [6.07, 6.45) is 1.16. The predicted molar refractivity (Wildman–Crippen MR) is 131 cm³/mol. The minimum Gasteiger partial charge on any atom is -0.352 e. The molecule has 33 heavy (non-hydrogen) atoms. The molecule has 0 aliphatic heterocycles. The Morgan fingerprint density at radius 2 is 1.61 bits per heavy atom. The summed E-state index contributed by atoms with van der Waals surface area (Å²) in [5, 5.41) is 8.49. The van der Waals surface area contributed by atoms with Gasteiger partial charge in [0, 0.05) is 24.3 Å². The van der Waals surface area contributed by atoms with E-state index in [0.717, 1.165) is 40.0 Å². The van der Waals surface area contributed by atoms with E-state index < -0.39 is 0 Å². The van der Waals surface area contributed by atoms with Crippen molar-refractivity contribution < 1.29 is 9.59 Å².